The highest BCUT2D eigenvalue weighted by Crippen LogP contribution is 2.50. The summed E-state index contributed by atoms with van der Waals surface area (Å²) in [6.07, 6.45) is -3.89. The predicted molar refractivity (Wildman–Crippen MR) is 156 cm³/mol. The highest BCUT2D eigenvalue weighted by Gasteiger charge is 2.41. The number of alkyl halides is 3. The molecule has 4 aromatic carbocycles. The van der Waals surface area contributed by atoms with Gasteiger partial charge in [0, 0.05) is 36.6 Å². The molecule has 7 rings (SSSR count). The molecule has 0 spiro atoms. The summed E-state index contributed by atoms with van der Waals surface area (Å²) in [5.74, 6) is -3.30. The van der Waals surface area contributed by atoms with Gasteiger partial charge in [-0.1, -0.05) is 24.3 Å². The SMILES string of the molecule is CC1(c2ccc(C(F)(F)F)cc2)Oc2cccc(-c3cc(F)c(Cc4nc5ccc(C(=O)O)cc5n4C[C@@H]4CCO4)cc3F)c2O1. The van der Waals surface area contributed by atoms with Crippen molar-refractivity contribution in [3.05, 3.63) is 113 Å². The van der Waals surface area contributed by atoms with Crippen LogP contribution in [0.25, 0.3) is 22.2 Å². The predicted octanol–water partition coefficient (Wildman–Crippen LogP) is 7.72. The molecule has 1 fully saturated rings. The zero-order valence-corrected chi connectivity index (χ0v) is 24.2. The lowest BCUT2D eigenvalue weighted by Crippen LogP contribution is -2.31. The van der Waals surface area contributed by atoms with Crippen LogP contribution in [0.4, 0.5) is 22.0 Å². The Morgan fingerprint density at radius 3 is 2.43 bits per heavy atom. The molecule has 1 unspecified atom stereocenters. The maximum atomic E-state index is 15.8. The monoisotopic (exact) mass is 636 g/mol. The van der Waals surface area contributed by atoms with Gasteiger partial charge in [-0.15, -0.1) is 0 Å². The molecule has 1 aromatic heterocycles. The van der Waals surface area contributed by atoms with Crippen molar-refractivity contribution in [1.82, 2.24) is 9.55 Å². The number of hydrogen-bond donors (Lipinski definition) is 1. The summed E-state index contributed by atoms with van der Waals surface area (Å²) in [5.41, 5.74) is 0.756. The molecule has 0 saturated carbocycles. The lowest BCUT2D eigenvalue weighted by molar-refractivity contribution is -0.137. The number of rotatable bonds is 7. The number of benzene rings is 4. The first-order valence-corrected chi connectivity index (χ1v) is 14.4. The minimum absolute atomic E-state index is 0.0325. The van der Waals surface area contributed by atoms with Crippen LogP contribution in [0, 0.1) is 11.6 Å². The van der Waals surface area contributed by atoms with Gasteiger partial charge in [-0.2, -0.15) is 13.2 Å². The first-order valence-electron chi connectivity index (χ1n) is 14.4. The molecular weight excluding hydrogens is 611 g/mol. The van der Waals surface area contributed by atoms with Crippen LogP contribution in [-0.2, 0) is 29.7 Å². The number of carbonyl (C=O) groups is 1. The van der Waals surface area contributed by atoms with Crippen molar-refractivity contribution in [2.45, 2.75) is 44.4 Å². The number of para-hydroxylation sites is 1. The fraction of sp³-hybridized carbons (Fsp3) is 0.235. The minimum Gasteiger partial charge on any atom is -0.478 e. The standard InChI is InChI=1S/C34H25F5N2O5/c1-33(20-6-8-21(9-7-20)34(37,38)39)45-29-4-2-3-23(31(29)46-33)24-16-25(35)19(13-26(24)36)15-30-40-27-10-5-18(32(42)43)14-28(27)41(30)17-22-11-12-44-22/h2-10,13-14,16,22H,11-12,15,17H2,1H3,(H,42,43)/t22-,33?/m0/s1. The molecule has 0 radical (unpaired) electrons. The summed E-state index contributed by atoms with van der Waals surface area (Å²) in [6, 6.07) is 15.7. The second kappa shape index (κ2) is 10.8. The van der Waals surface area contributed by atoms with Crippen LogP contribution >= 0.6 is 0 Å². The Kier molecular flexibility index (Phi) is 7.00. The number of aromatic nitrogens is 2. The number of fused-ring (bicyclic) bond motifs is 2. The molecule has 3 heterocycles. The van der Waals surface area contributed by atoms with E-state index in [9.17, 15) is 23.1 Å². The van der Waals surface area contributed by atoms with Crippen LogP contribution in [0.5, 0.6) is 11.5 Å². The molecule has 1 saturated heterocycles. The minimum atomic E-state index is -4.51. The number of ether oxygens (including phenoxy) is 3. The average Bonchev–Trinajstić information content (AvgIpc) is 3.52. The summed E-state index contributed by atoms with van der Waals surface area (Å²) in [7, 11) is 0. The third kappa shape index (κ3) is 5.22. The van der Waals surface area contributed by atoms with Crippen molar-refractivity contribution in [3.8, 4) is 22.6 Å². The molecule has 2 aliphatic rings. The molecule has 1 N–H and O–H groups in total. The largest absolute Gasteiger partial charge is 0.478 e. The van der Waals surface area contributed by atoms with Gasteiger partial charge < -0.3 is 23.9 Å². The Morgan fingerprint density at radius 2 is 1.76 bits per heavy atom. The molecule has 0 aliphatic carbocycles. The molecule has 2 aliphatic heterocycles. The second-order valence-corrected chi connectivity index (χ2v) is 11.4. The van der Waals surface area contributed by atoms with Crippen LogP contribution in [0.2, 0.25) is 0 Å². The number of imidazole rings is 1. The molecule has 5 aromatic rings. The highest BCUT2D eigenvalue weighted by molar-refractivity contribution is 5.92. The Labute approximate surface area is 258 Å². The lowest BCUT2D eigenvalue weighted by atomic mass is 10.00. The summed E-state index contributed by atoms with van der Waals surface area (Å²) >= 11 is 0. The van der Waals surface area contributed by atoms with Crippen LogP contribution in [0.15, 0.2) is 72.8 Å². The summed E-state index contributed by atoms with van der Waals surface area (Å²) < 4.78 is 90.2. The fourth-order valence-corrected chi connectivity index (χ4v) is 5.80. The maximum absolute atomic E-state index is 15.8. The molecular formula is C34H25F5N2O5. The van der Waals surface area contributed by atoms with Gasteiger partial charge in [0.15, 0.2) is 11.5 Å². The van der Waals surface area contributed by atoms with E-state index >= 15 is 8.78 Å². The molecule has 7 nitrogen and oxygen atoms in total. The number of carboxylic acid groups (broad SMARTS) is 1. The maximum Gasteiger partial charge on any atom is 0.416 e. The average molecular weight is 637 g/mol. The van der Waals surface area contributed by atoms with E-state index in [0.29, 0.717) is 35.6 Å². The first-order chi connectivity index (χ1) is 21.9. The van der Waals surface area contributed by atoms with Crippen molar-refractivity contribution < 1.29 is 46.1 Å². The lowest BCUT2D eigenvalue weighted by Gasteiger charge is -2.27. The molecule has 46 heavy (non-hydrogen) atoms. The first kappa shape index (κ1) is 29.7. The summed E-state index contributed by atoms with van der Waals surface area (Å²) in [4.78, 5) is 16.2. The number of nitrogens with zero attached hydrogens (tertiary/aromatic N) is 2. The van der Waals surface area contributed by atoms with Gasteiger partial charge in [-0.05, 0) is 60.5 Å². The van der Waals surface area contributed by atoms with Crippen LogP contribution < -0.4 is 9.47 Å². The van der Waals surface area contributed by atoms with E-state index in [4.69, 9.17) is 14.2 Å². The fourth-order valence-electron chi connectivity index (χ4n) is 5.80. The van der Waals surface area contributed by atoms with E-state index in [2.05, 4.69) is 4.98 Å². The van der Waals surface area contributed by atoms with E-state index < -0.39 is 35.1 Å². The Hall–Kier alpha value is -4.97. The van der Waals surface area contributed by atoms with Gasteiger partial charge in [-0.25, -0.2) is 18.6 Å². The molecule has 0 bridgehead atoms. The van der Waals surface area contributed by atoms with Crippen molar-refractivity contribution in [1.29, 1.82) is 0 Å². The van der Waals surface area contributed by atoms with Crippen molar-refractivity contribution in [2.24, 2.45) is 0 Å². The van der Waals surface area contributed by atoms with Crippen LogP contribution in [0.1, 0.15) is 46.2 Å². The van der Waals surface area contributed by atoms with Crippen LogP contribution in [0.3, 0.4) is 0 Å². The van der Waals surface area contributed by atoms with E-state index in [1.54, 1.807) is 22.8 Å². The Bertz CT molecular complexity index is 2000. The van der Waals surface area contributed by atoms with E-state index in [1.807, 2.05) is 0 Å². The van der Waals surface area contributed by atoms with Gasteiger partial charge in [0.2, 0.25) is 0 Å². The van der Waals surface area contributed by atoms with E-state index in [1.165, 1.54) is 37.3 Å². The Morgan fingerprint density at radius 1 is 1.00 bits per heavy atom. The van der Waals surface area contributed by atoms with Gasteiger partial charge in [0.05, 0.1) is 34.8 Å². The third-order valence-electron chi connectivity index (χ3n) is 8.35. The van der Waals surface area contributed by atoms with Crippen molar-refractivity contribution >= 4 is 17.0 Å². The summed E-state index contributed by atoms with van der Waals surface area (Å²) in [6.45, 7) is 2.51. The smallest absolute Gasteiger partial charge is 0.416 e. The number of halogens is 5. The van der Waals surface area contributed by atoms with Gasteiger partial charge in [-0.3, -0.25) is 0 Å². The molecule has 0 amide bonds. The quantitative estimate of drug-likeness (QED) is 0.184. The van der Waals surface area contributed by atoms with Gasteiger partial charge >= 0.3 is 12.1 Å². The third-order valence-corrected chi connectivity index (χ3v) is 8.35. The van der Waals surface area contributed by atoms with Gasteiger partial charge in [0.25, 0.3) is 5.79 Å². The highest BCUT2D eigenvalue weighted by atomic mass is 19.4. The van der Waals surface area contributed by atoms with E-state index in [-0.39, 0.29) is 46.3 Å². The zero-order chi connectivity index (χ0) is 32.4. The topological polar surface area (TPSA) is 82.8 Å². The van der Waals surface area contributed by atoms with E-state index in [0.717, 1.165) is 30.7 Å². The Balaban J connectivity index is 1.21. The number of aromatic carboxylic acids is 1. The normalized spacial score (nSPS) is 19.0. The zero-order valence-electron chi connectivity index (χ0n) is 24.2. The second-order valence-electron chi connectivity index (χ2n) is 11.4. The summed E-state index contributed by atoms with van der Waals surface area (Å²) in [5, 5.41) is 9.49. The number of hydrogen-bond acceptors (Lipinski definition) is 5. The molecule has 12 heteroatoms. The van der Waals surface area contributed by atoms with Crippen molar-refractivity contribution in [3.63, 3.8) is 0 Å². The van der Waals surface area contributed by atoms with Crippen molar-refractivity contribution in [2.75, 3.05) is 6.61 Å². The van der Waals surface area contributed by atoms with Gasteiger partial charge in [0.1, 0.15) is 17.5 Å². The molecule has 2 atom stereocenters. The van der Waals surface area contributed by atoms with Crippen LogP contribution in [-0.4, -0.2) is 33.3 Å². The molecule has 236 valence electrons. The number of carboxylic acids is 1.